The summed E-state index contributed by atoms with van der Waals surface area (Å²) < 4.78 is 44.4. The summed E-state index contributed by atoms with van der Waals surface area (Å²) in [6.45, 7) is 6.88. The molecule has 0 bridgehead atoms. The van der Waals surface area contributed by atoms with Crippen LogP contribution in [0.3, 0.4) is 0 Å². The maximum Gasteiger partial charge on any atom is 0.257 e. The molecule has 1 amide bonds. The van der Waals surface area contributed by atoms with E-state index in [1.165, 1.54) is 24.3 Å². The molecule has 178 valence electrons. The molecule has 7 nitrogen and oxygen atoms in total. The number of carbonyl (C=O) groups is 2. The molecular formula is C24H29FN2O5S. The molecule has 2 aromatic rings. The molecule has 0 N–H and O–H groups in total. The van der Waals surface area contributed by atoms with Crippen molar-refractivity contribution in [3.8, 4) is 5.75 Å². The van der Waals surface area contributed by atoms with Crippen LogP contribution in [0.15, 0.2) is 41.3 Å². The number of halogens is 1. The lowest BCUT2D eigenvalue weighted by atomic mass is 10.0. The fraction of sp³-hybridized carbons (Fsp3) is 0.417. The standard InChI is InChI=1S/C24H29FN2O5S/c1-16(2)32-23-8-6-19(33(4,30)31)14-20(23)24(29)27-11-9-26(10-12-27)22-7-5-18(13-21(22)25)17(3)15-28/h5-8,13-17H,9-12H2,1-4H3. The zero-order valence-electron chi connectivity index (χ0n) is 19.2. The number of hydrogen-bond donors (Lipinski definition) is 0. The molecular weight excluding hydrogens is 447 g/mol. The summed E-state index contributed by atoms with van der Waals surface area (Å²) in [6.07, 6.45) is 1.67. The van der Waals surface area contributed by atoms with Gasteiger partial charge in [-0.05, 0) is 49.7 Å². The summed E-state index contributed by atoms with van der Waals surface area (Å²) in [6, 6.07) is 9.07. The average Bonchev–Trinajstić information content (AvgIpc) is 2.77. The summed E-state index contributed by atoms with van der Waals surface area (Å²) in [7, 11) is -3.49. The summed E-state index contributed by atoms with van der Waals surface area (Å²) in [5, 5.41) is 0. The van der Waals surface area contributed by atoms with E-state index in [0.29, 0.717) is 43.2 Å². The van der Waals surface area contributed by atoms with Crippen molar-refractivity contribution in [1.82, 2.24) is 4.90 Å². The number of amides is 1. The molecule has 1 fully saturated rings. The molecule has 1 aliphatic rings. The van der Waals surface area contributed by atoms with Gasteiger partial charge in [0.15, 0.2) is 9.84 Å². The van der Waals surface area contributed by atoms with E-state index in [2.05, 4.69) is 0 Å². The van der Waals surface area contributed by atoms with Gasteiger partial charge in [0, 0.05) is 38.4 Å². The topological polar surface area (TPSA) is 84.0 Å². The van der Waals surface area contributed by atoms with Gasteiger partial charge in [0.2, 0.25) is 0 Å². The Labute approximate surface area is 194 Å². The SMILES string of the molecule is CC(C)Oc1ccc(S(C)(=O)=O)cc1C(=O)N1CCN(c2ccc(C(C)C=O)cc2F)CC1. The van der Waals surface area contributed by atoms with E-state index in [1.54, 1.807) is 24.0 Å². The van der Waals surface area contributed by atoms with Gasteiger partial charge in [-0.15, -0.1) is 0 Å². The zero-order valence-corrected chi connectivity index (χ0v) is 20.1. The van der Waals surface area contributed by atoms with Crippen molar-refractivity contribution in [2.75, 3.05) is 37.3 Å². The van der Waals surface area contributed by atoms with Gasteiger partial charge in [-0.1, -0.05) is 13.0 Å². The summed E-state index contributed by atoms with van der Waals surface area (Å²) in [4.78, 5) is 27.8. The molecule has 1 saturated heterocycles. The minimum atomic E-state index is -3.49. The lowest BCUT2D eigenvalue weighted by Gasteiger charge is -2.36. The van der Waals surface area contributed by atoms with Gasteiger partial charge in [0.25, 0.3) is 5.91 Å². The molecule has 3 rings (SSSR count). The molecule has 0 aliphatic carbocycles. The van der Waals surface area contributed by atoms with Gasteiger partial charge in [-0.3, -0.25) is 4.79 Å². The van der Waals surface area contributed by atoms with E-state index in [-0.39, 0.29) is 28.4 Å². The van der Waals surface area contributed by atoms with Crippen LogP contribution < -0.4 is 9.64 Å². The van der Waals surface area contributed by atoms with Crippen molar-refractivity contribution in [2.24, 2.45) is 0 Å². The van der Waals surface area contributed by atoms with Gasteiger partial charge in [-0.25, -0.2) is 12.8 Å². The highest BCUT2D eigenvalue weighted by Crippen LogP contribution is 2.28. The van der Waals surface area contributed by atoms with Crippen LogP contribution in [0, 0.1) is 5.82 Å². The average molecular weight is 477 g/mol. The van der Waals surface area contributed by atoms with Crippen molar-refractivity contribution in [3.05, 3.63) is 53.3 Å². The Bertz CT molecular complexity index is 1140. The molecule has 1 aliphatic heterocycles. The molecule has 0 aromatic heterocycles. The van der Waals surface area contributed by atoms with Crippen LogP contribution in [0.5, 0.6) is 5.75 Å². The number of ether oxygens (including phenoxy) is 1. The third kappa shape index (κ3) is 5.71. The number of nitrogens with zero attached hydrogens (tertiary/aromatic N) is 2. The molecule has 9 heteroatoms. The normalized spacial score (nSPS) is 15.5. The Hall–Kier alpha value is -2.94. The second-order valence-electron chi connectivity index (χ2n) is 8.51. The van der Waals surface area contributed by atoms with E-state index in [1.807, 2.05) is 18.7 Å². The maximum absolute atomic E-state index is 14.7. The lowest BCUT2D eigenvalue weighted by molar-refractivity contribution is -0.108. The quantitative estimate of drug-likeness (QED) is 0.571. The van der Waals surface area contributed by atoms with Crippen molar-refractivity contribution in [2.45, 2.75) is 37.7 Å². The first-order valence-electron chi connectivity index (χ1n) is 10.8. The Kier molecular flexibility index (Phi) is 7.41. The molecule has 33 heavy (non-hydrogen) atoms. The van der Waals surface area contributed by atoms with Gasteiger partial charge in [-0.2, -0.15) is 0 Å². The van der Waals surface area contributed by atoms with E-state index in [4.69, 9.17) is 4.74 Å². The number of rotatable bonds is 7. The number of aldehydes is 1. The summed E-state index contributed by atoms with van der Waals surface area (Å²) in [5.74, 6) is -0.787. The van der Waals surface area contributed by atoms with Crippen LogP contribution in [0.2, 0.25) is 0 Å². The summed E-state index contributed by atoms with van der Waals surface area (Å²) in [5.41, 5.74) is 1.23. The van der Waals surface area contributed by atoms with Gasteiger partial charge >= 0.3 is 0 Å². The molecule has 1 atom stereocenters. The van der Waals surface area contributed by atoms with E-state index in [9.17, 15) is 22.4 Å². The minimum Gasteiger partial charge on any atom is -0.490 e. The van der Waals surface area contributed by atoms with Gasteiger partial charge in [0.1, 0.15) is 17.9 Å². The maximum atomic E-state index is 14.7. The minimum absolute atomic E-state index is 0.0484. The second kappa shape index (κ2) is 9.91. The number of benzene rings is 2. The van der Waals surface area contributed by atoms with Crippen molar-refractivity contribution in [3.63, 3.8) is 0 Å². The monoisotopic (exact) mass is 476 g/mol. The highest BCUT2D eigenvalue weighted by atomic mass is 32.2. The Morgan fingerprint density at radius 1 is 1.06 bits per heavy atom. The Morgan fingerprint density at radius 3 is 2.27 bits per heavy atom. The van der Waals surface area contributed by atoms with E-state index < -0.39 is 15.7 Å². The first kappa shape index (κ1) is 24.7. The molecule has 1 unspecified atom stereocenters. The van der Waals surface area contributed by atoms with Gasteiger partial charge in [0.05, 0.1) is 22.3 Å². The number of piperazine rings is 1. The third-order valence-electron chi connectivity index (χ3n) is 5.58. The number of sulfone groups is 1. The number of anilines is 1. The number of hydrogen-bond acceptors (Lipinski definition) is 6. The zero-order chi connectivity index (χ0) is 24.3. The molecule has 2 aromatic carbocycles. The van der Waals surface area contributed by atoms with E-state index in [0.717, 1.165) is 12.5 Å². The van der Waals surface area contributed by atoms with Crippen molar-refractivity contribution >= 4 is 27.7 Å². The van der Waals surface area contributed by atoms with Crippen LogP contribution in [0.25, 0.3) is 0 Å². The second-order valence-corrected chi connectivity index (χ2v) is 10.5. The van der Waals surface area contributed by atoms with Crippen molar-refractivity contribution in [1.29, 1.82) is 0 Å². The largest absolute Gasteiger partial charge is 0.490 e. The van der Waals surface area contributed by atoms with Gasteiger partial charge < -0.3 is 19.3 Å². The van der Waals surface area contributed by atoms with Crippen LogP contribution in [-0.4, -0.2) is 64.0 Å². The molecule has 1 heterocycles. The highest BCUT2D eigenvalue weighted by Gasteiger charge is 2.27. The van der Waals surface area contributed by atoms with E-state index >= 15 is 0 Å². The highest BCUT2D eigenvalue weighted by molar-refractivity contribution is 7.90. The Balaban J connectivity index is 1.78. The van der Waals surface area contributed by atoms with Crippen LogP contribution >= 0.6 is 0 Å². The molecule has 0 radical (unpaired) electrons. The van der Waals surface area contributed by atoms with Crippen LogP contribution in [0.1, 0.15) is 42.6 Å². The first-order valence-corrected chi connectivity index (χ1v) is 12.7. The number of carbonyl (C=O) groups excluding carboxylic acids is 2. The predicted octanol–water partition coefficient (Wildman–Crippen LogP) is 3.28. The molecule has 0 saturated carbocycles. The predicted molar refractivity (Wildman–Crippen MR) is 124 cm³/mol. The van der Waals surface area contributed by atoms with Crippen LogP contribution in [0.4, 0.5) is 10.1 Å². The third-order valence-corrected chi connectivity index (χ3v) is 6.69. The van der Waals surface area contributed by atoms with Crippen molar-refractivity contribution < 1.29 is 27.1 Å². The lowest BCUT2D eigenvalue weighted by Crippen LogP contribution is -2.49. The molecule has 0 spiro atoms. The first-order chi connectivity index (χ1) is 15.5. The Morgan fingerprint density at radius 2 is 1.73 bits per heavy atom. The smallest absolute Gasteiger partial charge is 0.257 e. The summed E-state index contributed by atoms with van der Waals surface area (Å²) >= 11 is 0. The fourth-order valence-corrected chi connectivity index (χ4v) is 4.37. The van der Waals surface area contributed by atoms with Crippen LogP contribution in [-0.2, 0) is 14.6 Å². The fourth-order valence-electron chi connectivity index (χ4n) is 3.73.